The molecule has 2 aromatic rings. The van der Waals surface area contributed by atoms with Crippen LogP contribution < -0.4 is 5.32 Å². The lowest BCUT2D eigenvalue weighted by atomic mass is 9.97. The van der Waals surface area contributed by atoms with Gasteiger partial charge < -0.3 is 25.0 Å². The minimum Gasteiger partial charge on any atom is -0.480 e. The molecule has 3 N–H and O–H groups in total. The van der Waals surface area contributed by atoms with Crippen LogP contribution in [-0.2, 0) is 23.1 Å². The Morgan fingerprint density at radius 2 is 1.90 bits per heavy atom. The summed E-state index contributed by atoms with van der Waals surface area (Å²) in [5, 5.41) is 23.4. The average Bonchev–Trinajstić information content (AvgIpc) is 3.29. The van der Waals surface area contributed by atoms with Crippen molar-refractivity contribution < 1.29 is 24.6 Å². The number of nitrogens with one attached hydrogen (secondary N) is 1. The first-order chi connectivity index (χ1) is 14.6. The number of rotatable bonds is 7. The number of hydrogen-bond donors (Lipinski definition) is 3. The highest BCUT2D eigenvalue weighted by Crippen LogP contribution is 2.39. The van der Waals surface area contributed by atoms with Gasteiger partial charge in [0.25, 0.3) is 11.8 Å². The van der Waals surface area contributed by atoms with Gasteiger partial charge in [0.15, 0.2) is 6.10 Å². The Morgan fingerprint density at radius 1 is 1.23 bits per heavy atom. The molecule has 1 aromatic carbocycles. The molecule has 0 saturated carbocycles. The first-order valence-electron chi connectivity index (χ1n) is 9.92. The van der Waals surface area contributed by atoms with Crippen LogP contribution >= 0.6 is 11.8 Å². The van der Waals surface area contributed by atoms with Crippen LogP contribution in [0.2, 0.25) is 0 Å². The van der Waals surface area contributed by atoms with E-state index in [1.54, 1.807) is 43.9 Å². The molecule has 1 aromatic heterocycles. The second-order valence-electron chi connectivity index (χ2n) is 8.21. The lowest BCUT2D eigenvalue weighted by Gasteiger charge is -2.31. The van der Waals surface area contributed by atoms with Crippen molar-refractivity contribution in [3.8, 4) is 0 Å². The van der Waals surface area contributed by atoms with Crippen LogP contribution in [0.1, 0.15) is 29.8 Å². The molecule has 31 heavy (non-hydrogen) atoms. The second kappa shape index (κ2) is 9.15. The predicted octanol–water partition coefficient (Wildman–Crippen LogP) is 1.49. The van der Waals surface area contributed by atoms with Crippen molar-refractivity contribution in [3.63, 3.8) is 0 Å². The van der Waals surface area contributed by atoms with E-state index in [2.05, 4.69) is 5.32 Å². The molecule has 0 aliphatic carbocycles. The van der Waals surface area contributed by atoms with Gasteiger partial charge >= 0.3 is 5.97 Å². The summed E-state index contributed by atoms with van der Waals surface area (Å²) in [5.41, 5.74) is 1.24. The Hall–Kier alpha value is -2.78. The molecule has 3 atom stereocenters. The second-order valence-corrected chi connectivity index (χ2v) is 9.80. The number of carboxylic acid groups (broad SMARTS) is 1. The van der Waals surface area contributed by atoms with Crippen molar-refractivity contribution in [2.24, 2.45) is 7.05 Å². The zero-order valence-electron chi connectivity index (χ0n) is 17.7. The van der Waals surface area contributed by atoms with Gasteiger partial charge in [-0.3, -0.25) is 9.59 Å². The SMILES string of the molecule is Cn1ccc(C(=O)N[C@@H](Cc2ccccc2)[C@H](O)C(=O)N2CSC(C)(C)C2C(=O)O)c1. The fraction of sp³-hybridized carbons (Fsp3) is 0.409. The average molecular weight is 446 g/mol. The highest BCUT2D eigenvalue weighted by atomic mass is 32.2. The zero-order chi connectivity index (χ0) is 22.8. The molecular formula is C22H27N3O5S. The number of carboxylic acids is 1. The number of aryl methyl sites for hydroxylation is 1. The maximum absolute atomic E-state index is 13.1. The van der Waals surface area contributed by atoms with Gasteiger partial charge in [0.2, 0.25) is 0 Å². The van der Waals surface area contributed by atoms with Crippen LogP contribution in [0.3, 0.4) is 0 Å². The van der Waals surface area contributed by atoms with E-state index in [1.165, 1.54) is 16.7 Å². The minimum absolute atomic E-state index is 0.157. The summed E-state index contributed by atoms with van der Waals surface area (Å²) < 4.78 is 1.03. The lowest BCUT2D eigenvalue weighted by molar-refractivity contribution is -0.154. The van der Waals surface area contributed by atoms with Gasteiger partial charge in [0, 0.05) is 24.2 Å². The fourth-order valence-electron chi connectivity index (χ4n) is 3.73. The van der Waals surface area contributed by atoms with Crippen molar-refractivity contribution in [1.29, 1.82) is 0 Å². The number of carbonyl (C=O) groups is 3. The maximum Gasteiger partial charge on any atom is 0.327 e. The molecule has 1 aliphatic heterocycles. The van der Waals surface area contributed by atoms with Gasteiger partial charge in [-0.1, -0.05) is 30.3 Å². The third-order valence-electron chi connectivity index (χ3n) is 5.41. The van der Waals surface area contributed by atoms with E-state index in [9.17, 15) is 24.6 Å². The van der Waals surface area contributed by atoms with Crippen LogP contribution in [0.25, 0.3) is 0 Å². The number of thioether (sulfide) groups is 1. The number of benzene rings is 1. The Kier molecular flexibility index (Phi) is 6.76. The number of aliphatic hydroxyl groups is 1. The molecule has 8 nitrogen and oxygen atoms in total. The summed E-state index contributed by atoms with van der Waals surface area (Å²) in [6, 6.07) is 8.85. The summed E-state index contributed by atoms with van der Waals surface area (Å²) in [7, 11) is 1.79. The van der Waals surface area contributed by atoms with Crippen LogP contribution in [0, 0.1) is 0 Å². The van der Waals surface area contributed by atoms with E-state index in [4.69, 9.17) is 0 Å². The molecule has 0 spiro atoms. The molecule has 1 fully saturated rings. The van der Waals surface area contributed by atoms with E-state index in [0.717, 1.165) is 5.56 Å². The third-order valence-corrected chi connectivity index (χ3v) is 6.78. The number of aromatic nitrogens is 1. The Balaban J connectivity index is 1.84. The minimum atomic E-state index is -1.59. The molecule has 166 valence electrons. The smallest absolute Gasteiger partial charge is 0.327 e. The number of amides is 2. The molecule has 1 unspecified atom stereocenters. The Labute approximate surface area is 185 Å². The van der Waals surface area contributed by atoms with Gasteiger partial charge in [0.1, 0.15) is 6.04 Å². The van der Waals surface area contributed by atoms with E-state index >= 15 is 0 Å². The largest absolute Gasteiger partial charge is 0.480 e. The Morgan fingerprint density at radius 3 is 2.48 bits per heavy atom. The summed E-state index contributed by atoms with van der Waals surface area (Å²) in [6.07, 6.45) is 1.99. The first kappa shape index (κ1) is 22.9. The van der Waals surface area contributed by atoms with Crippen LogP contribution in [0.5, 0.6) is 0 Å². The third kappa shape index (κ3) is 5.11. The number of hydrogen-bond acceptors (Lipinski definition) is 5. The standard InChI is InChI=1S/C22H27N3O5S/c1-22(2)18(21(29)30)25(13-31-22)20(28)17(26)16(11-14-7-5-4-6-8-14)23-19(27)15-9-10-24(3)12-15/h4-10,12,16-18,26H,11,13H2,1-3H3,(H,23,27)(H,29,30)/t16-,17-,18?/m0/s1. The molecule has 0 bridgehead atoms. The van der Waals surface area contributed by atoms with Crippen molar-refractivity contribution in [2.45, 2.75) is 43.2 Å². The number of aliphatic hydroxyl groups excluding tert-OH is 1. The molecule has 9 heteroatoms. The maximum atomic E-state index is 13.1. The van der Waals surface area contributed by atoms with Crippen LogP contribution in [-0.4, -0.2) is 66.3 Å². The molecule has 2 heterocycles. The van der Waals surface area contributed by atoms with Gasteiger partial charge in [0.05, 0.1) is 17.5 Å². The number of aliphatic carboxylic acids is 1. The van der Waals surface area contributed by atoms with Crippen molar-refractivity contribution in [2.75, 3.05) is 5.88 Å². The van der Waals surface area contributed by atoms with Crippen LogP contribution in [0.4, 0.5) is 0 Å². The van der Waals surface area contributed by atoms with Gasteiger partial charge in [-0.25, -0.2) is 4.79 Å². The molecule has 3 rings (SSSR count). The van der Waals surface area contributed by atoms with Crippen molar-refractivity contribution in [1.82, 2.24) is 14.8 Å². The number of carbonyl (C=O) groups excluding carboxylic acids is 2. The van der Waals surface area contributed by atoms with Gasteiger partial charge in [-0.15, -0.1) is 11.8 Å². The molecule has 0 radical (unpaired) electrons. The first-order valence-corrected chi connectivity index (χ1v) is 10.9. The fourth-order valence-corrected chi connectivity index (χ4v) is 4.86. The monoisotopic (exact) mass is 445 g/mol. The lowest BCUT2D eigenvalue weighted by Crippen LogP contribution is -2.56. The zero-order valence-corrected chi connectivity index (χ0v) is 18.5. The van der Waals surface area contributed by atoms with Gasteiger partial charge in [-0.05, 0) is 31.9 Å². The molecule has 2 amide bonds. The molecular weight excluding hydrogens is 418 g/mol. The van der Waals surface area contributed by atoms with E-state index in [1.807, 2.05) is 30.3 Å². The van der Waals surface area contributed by atoms with E-state index in [-0.39, 0.29) is 12.3 Å². The highest BCUT2D eigenvalue weighted by Gasteiger charge is 2.50. The van der Waals surface area contributed by atoms with Crippen molar-refractivity contribution >= 4 is 29.5 Å². The normalized spacial score (nSPS) is 19.6. The summed E-state index contributed by atoms with van der Waals surface area (Å²) in [6.45, 7) is 3.52. The summed E-state index contributed by atoms with van der Waals surface area (Å²) in [4.78, 5) is 38.9. The molecule has 1 saturated heterocycles. The van der Waals surface area contributed by atoms with E-state index < -0.39 is 40.7 Å². The predicted molar refractivity (Wildman–Crippen MR) is 118 cm³/mol. The molecule has 1 aliphatic rings. The summed E-state index contributed by atoms with van der Waals surface area (Å²) in [5.74, 6) is -2.09. The van der Waals surface area contributed by atoms with Crippen molar-refractivity contribution in [3.05, 3.63) is 59.9 Å². The summed E-state index contributed by atoms with van der Waals surface area (Å²) >= 11 is 1.34. The quantitative estimate of drug-likeness (QED) is 0.595. The van der Waals surface area contributed by atoms with Crippen LogP contribution in [0.15, 0.2) is 48.8 Å². The highest BCUT2D eigenvalue weighted by molar-refractivity contribution is 8.00. The Bertz CT molecular complexity index is 959. The topological polar surface area (TPSA) is 112 Å². The van der Waals surface area contributed by atoms with E-state index in [0.29, 0.717) is 5.56 Å². The van der Waals surface area contributed by atoms with Gasteiger partial charge in [-0.2, -0.15) is 0 Å². The number of nitrogens with zero attached hydrogens (tertiary/aromatic N) is 2.